The fourth-order valence-electron chi connectivity index (χ4n) is 1.71. The van der Waals surface area contributed by atoms with Crippen LogP contribution in [0.3, 0.4) is 0 Å². The summed E-state index contributed by atoms with van der Waals surface area (Å²) in [6.07, 6.45) is 4.73. The zero-order chi connectivity index (χ0) is 14.6. The molecule has 4 nitrogen and oxygen atoms in total. The van der Waals surface area contributed by atoms with E-state index in [-0.39, 0.29) is 12.6 Å². The van der Waals surface area contributed by atoms with Crippen molar-refractivity contribution >= 4 is 5.97 Å². The Bertz CT molecular complexity index is 373. The summed E-state index contributed by atoms with van der Waals surface area (Å²) < 4.78 is 15.5. The van der Waals surface area contributed by atoms with Gasteiger partial charge in [-0.2, -0.15) is 0 Å². The number of benzene rings is 1. The molecule has 0 unspecified atom stereocenters. The summed E-state index contributed by atoms with van der Waals surface area (Å²) in [5, 5.41) is 0. The van der Waals surface area contributed by atoms with E-state index >= 15 is 0 Å². The largest absolute Gasteiger partial charge is 0.494 e. The Balaban J connectivity index is 2.30. The predicted molar refractivity (Wildman–Crippen MR) is 78.2 cm³/mol. The van der Waals surface area contributed by atoms with Crippen molar-refractivity contribution in [3.63, 3.8) is 0 Å². The topological polar surface area (TPSA) is 44.8 Å². The predicted octanol–water partition coefficient (Wildman–Crippen LogP) is 3.45. The number of esters is 1. The van der Waals surface area contributed by atoms with Crippen LogP contribution in [0.1, 0.15) is 43.0 Å². The van der Waals surface area contributed by atoms with Gasteiger partial charge in [-0.05, 0) is 30.7 Å². The standard InChI is InChI=1S/C16H24O4/c1-3-4-5-6-11-19-15-9-7-14(8-10-15)16(17)20-13-12-18-2/h7-10H,3-6,11-13H2,1-2H3. The molecular weight excluding hydrogens is 256 g/mol. The molecule has 0 aliphatic heterocycles. The number of carbonyl (C=O) groups is 1. The van der Waals surface area contributed by atoms with E-state index < -0.39 is 0 Å². The van der Waals surface area contributed by atoms with Crippen molar-refractivity contribution < 1.29 is 19.0 Å². The zero-order valence-corrected chi connectivity index (χ0v) is 12.4. The number of unbranched alkanes of at least 4 members (excludes halogenated alkanes) is 3. The highest BCUT2D eigenvalue weighted by Crippen LogP contribution is 2.13. The minimum absolute atomic E-state index is 0.269. The van der Waals surface area contributed by atoms with E-state index in [1.165, 1.54) is 19.3 Å². The number of methoxy groups -OCH3 is 1. The molecule has 0 saturated carbocycles. The number of rotatable bonds is 10. The van der Waals surface area contributed by atoms with Crippen LogP contribution in [0.15, 0.2) is 24.3 Å². The monoisotopic (exact) mass is 280 g/mol. The fraction of sp³-hybridized carbons (Fsp3) is 0.562. The van der Waals surface area contributed by atoms with Crippen LogP contribution in [-0.2, 0) is 9.47 Å². The highest BCUT2D eigenvalue weighted by atomic mass is 16.6. The van der Waals surface area contributed by atoms with Gasteiger partial charge in [0.2, 0.25) is 0 Å². The average molecular weight is 280 g/mol. The first-order valence-corrected chi connectivity index (χ1v) is 7.17. The smallest absolute Gasteiger partial charge is 0.338 e. The molecule has 20 heavy (non-hydrogen) atoms. The Labute approximate surface area is 121 Å². The molecular formula is C16H24O4. The maximum atomic E-state index is 11.6. The molecule has 0 heterocycles. The van der Waals surface area contributed by atoms with Crippen molar-refractivity contribution in [3.8, 4) is 5.75 Å². The summed E-state index contributed by atoms with van der Waals surface area (Å²) in [4.78, 5) is 11.6. The molecule has 0 N–H and O–H groups in total. The summed E-state index contributed by atoms with van der Waals surface area (Å²) in [5.74, 6) is 0.450. The molecule has 0 spiro atoms. The van der Waals surface area contributed by atoms with Gasteiger partial charge in [0.05, 0.1) is 18.8 Å². The fourth-order valence-corrected chi connectivity index (χ4v) is 1.71. The molecule has 0 fully saturated rings. The van der Waals surface area contributed by atoms with Gasteiger partial charge in [0, 0.05) is 7.11 Å². The lowest BCUT2D eigenvalue weighted by molar-refractivity contribution is 0.0388. The van der Waals surface area contributed by atoms with Crippen LogP contribution in [0.4, 0.5) is 0 Å². The third-order valence-corrected chi connectivity index (χ3v) is 2.88. The first kappa shape index (κ1) is 16.5. The molecule has 0 atom stereocenters. The van der Waals surface area contributed by atoms with E-state index in [4.69, 9.17) is 14.2 Å². The Hall–Kier alpha value is -1.55. The molecule has 1 rings (SSSR count). The summed E-state index contributed by atoms with van der Waals surface area (Å²) in [6.45, 7) is 3.58. The molecule has 0 saturated heterocycles. The first-order valence-electron chi connectivity index (χ1n) is 7.17. The van der Waals surface area contributed by atoms with Crippen LogP contribution in [-0.4, -0.2) is 32.9 Å². The van der Waals surface area contributed by atoms with Crippen LogP contribution in [0.2, 0.25) is 0 Å². The van der Waals surface area contributed by atoms with Gasteiger partial charge in [-0.3, -0.25) is 0 Å². The van der Waals surface area contributed by atoms with Gasteiger partial charge in [0.25, 0.3) is 0 Å². The zero-order valence-electron chi connectivity index (χ0n) is 12.4. The Morgan fingerprint density at radius 2 is 1.75 bits per heavy atom. The SMILES string of the molecule is CCCCCCOc1ccc(C(=O)OCCOC)cc1. The van der Waals surface area contributed by atoms with E-state index in [1.54, 1.807) is 31.4 Å². The van der Waals surface area contributed by atoms with Crippen LogP contribution >= 0.6 is 0 Å². The lowest BCUT2D eigenvalue weighted by Gasteiger charge is -2.07. The average Bonchev–Trinajstić information content (AvgIpc) is 2.48. The third-order valence-electron chi connectivity index (χ3n) is 2.88. The van der Waals surface area contributed by atoms with Crippen LogP contribution in [0.5, 0.6) is 5.75 Å². The second-order valence-corrected chi connectivity index (χ2v) is 4.56. The second kappa shape index (κ2) is 10.3. The van der Waals surface area contributed by atoms with E-state index in [0.29, 0.717) is 12.2 Å². The molecule has 112 valence electrons. The van der Waals surface area contributed by atoms with Gasteiger partial charge in [-0.25, -0.2) is 4.79 Å². The normalized spacial score (nSPS) is 10.3. The molecule has 0 aliphatic carbocycles. The lowest BCUT2D eigenvalue weighted by Crippen LogP contribution is -2.09. The van der Waals surface area contributed by atoms with E-state index in [9.17, 15) is 4.79 Å². The second-order valence-electron chi connectivity index (χ2n) is 4.56. The Morgan fingerprint density at radius 1 is 1.00 bits per heavy atom. The quantitative estimate of drug-likeness (QED) is 0.486. The van der Waals surface area contributed by atoms with E-state index in [2.05, 4.69) is 6.92 Å². The van der Waals surface area contributed by atoms with Crippen LogP contribution in [0.25, 0.3) is 0 Å². The van der Waals surface area contributed by atoms with Crippen molar-refractivity contribution in [2.75, 3.05) is 26.9 Å². The minimum atomic E-state index is -0.337. The maximum absolute atomic E-state index is 11.6. The number of hydrogen-bond acceptors (Lipinski definition) is 4. The van der Waals surface area contributed by atoms with Gasteiger partial charge in [0.1, 0.15) is 12.4 Å². The van der Waals surface area contributed by atoms with Crippen molar-refractivity contribution in [3.05, 3.63) is 29.8 Å². The number of carbonyl (C=O) groups excluding carboxylic acids is 1. The van der Waals surface area contributed by atoms with Gasteiger partial charge < -0.3 is 14.2 Å². The summed E-state index contributed by atoms with van der Waals surface area (Å²) in [7, 11) is 1.57. The van der Waals surface area contributed by atoms with Crippen molar-refractivity contribution in [1.29, 1.82) is 0 Å². The Morgan fingerprint density at radius 3 is 2.40 bits per heavy atom. The molecule has 1 aromatic carbocycles. The summed E-state index contributed by atoms with van der Waals surface area (Å²) in [6, 6.07) is 7.03. The molecule has 0 amide bonds. The lowest BCUT2D eigenvalue weighted by atomic mass is 10.2. The van der Waals surface area contributed by atoms with E-state index in [0.717, 1.165) is 18.8 Å². The highest BCUT2D eigenvalue weighted by Gasteiger charge is 2.06. The third kappa shape index (κ3) is 6.57. The first-order chi connectivity index (χ1) is 9.77. The number of hydrogen-bond donors (Lipinski definition) is 0. The molecule has 0 bridgehead atoms. The van der Waals surface area contributed by atoms with Crippen molar-refractivity contribution in [1.82, 2.24) is 0 Å². The Kier molecular flexibility index (Phi) is 8.47. The molecule has 4 heteroatoms. The highest BCUT2D eigenvalue weighted by molar-refractivity contribution is 5.89. The molecule has 1 aromatic rings. The maximum Gasteiger partial charge on any atom is 0.338 e. The van der Waals surface area contributed by atoms with Gasteiger partial charge in [0.15, 0.2) is 0 Å². The van der Waals surface area contributed by atoms with Gasteiger partial charge in [-0.15, -0.1) is 0 Å². The summed E-state index contributed by atoms with van der Waals surface area (Å²) in [5.41, 5.74) is 0.527. The van der Waals surface area contributed by atoms with Crippen molar-refractivity contribution in [2.45, 2.75) is 32.6 Å². The van der Waals surface area contributed by atoms with Crippen LogP contribution < -0.4 is 4.74 Å². The molecule has 0 aromatic heterocycles. The molecule has 0 radical (unpaired) electrons. The van der Waals surface area contributed by atoms with E-state index in [1.807, 2.05) is 0 Å². The molecule has 0 aliphatic rings. The van der Waals surface area contributed by atoms with Gasteiger partial charge >= 0.3 is 5.97 Å². The van der Waals surface area contributed by atoms with Crippen LogP contribution in [0, 0.1) is 0 Å². The summed E-state index contributed by atoms with van der Waals surface area (Å²) >= 11 is 0. The van der Waals surface area contributed by atoms with Gasteiger partial charge in [-0.1, -0.05) is 26.2 Å². The minimum Gasteiger partial charge on any atom is -0.494 e. The van der Waals surface area contributed by atoms with Crippen molar-refractivity contribution in [2.24, 2.45) is 0 Å². The number of ether oxygens (including phenoxy) is 3.